The number of rotatable bonds is 7. The van der Waals surface area contributed by atoms with Gasteiger partial charge in [0.2, 0.25) is 0 Å². The quantitative estimate of drug-likeness (QED) is 0.821. The lowest BCUT2D eigenvalue weighted by Crippen LogP contribution is -2.16. The highest BCUT2D eigenvalue weighted by Crippen LogP contribution is 2.35. The SMILES string of the molecule is COc1cc(Cl)cc(CNC2CC2)c1OC/C(C)=C/Cl. The van der Waals surface area contributed by atoms with Crippen LogP contribution >= 0.6 is 23.2 Å². The van der Waals surface area contributed by atoms with Gasteiger partial charge >= 0.3 is 0 Å². The molecule has 3 nitrogen and oxygen atoms in total. The zero-order valence-electron chi connectivity index (χ0n) is 11.7. The third kappa shape index (κ3) is 4.30. The van der Waals surface area contributed by atoms with E-state index in [4.69, 9.17) is 32.7 Å². The van der Waals surface area contributed by atoms with Gasteiger partial charge in [0.05, 0.1) is 7.11 Å². The first-order valence-corrected chi connectivity index (χ1v) is 7.44. The third-order valence-electron chi connectivity index (χ3n) is 3.11. The summed E-state index contributed by atoms with van der Waals surface area (Å²) in [6, 6.07) is 4.29. The van der Waals surface area contributed by atoms with Crippen LogP contribution in [0.1, 0.15) is 25.3 Å². The van der Waals surface area contributed by atoms with E-state index in [0.717, 1.165) is 23.4 Å². The van der Waals surface area contributed by atoms with Crippen molar-refractivity contribution in [3.63, 3.8) is 0 Å². The highest BCUT2D eigenvalue weighted by molar-refractivity contribution is 6.30. The molecule has 1 aromatic rings. The van der Waals surface area contributed by atoms with Crippen molar-refractivity contribution < 1.29 is 9.47 Å². The Morgan fingerprint density at radius 1 is 1.45 bits per heavy atom. The summed E-state index contributed by atoms with van der Waals surface area (Å²) >= 11 is 11.8. The van der Waals surface area contributed by atoms with Gasteiger partial charge in [0, 0.05) is 34.8 Å². The maximum absolute atomic E-state index is 6.13. The Morgan fingerprint density at radius 2 is 2.20 bits per heavy atom. The van der Waals surface area contributed by atoms with Crippen LogP contribution in [0.4, 0.5) is 0 Å². The van der Waals surface area contributed by atoms with Gasteiger partial charge in [0.1, 0.15) is 6.61 Å². The number of halogens is 2. The highest BCUT2D eigenvalue weighted by Gasteiger charge is 2.21. The van der Waals surface area contributed by atoms with Crippen molar-refractivity contribution in [1.29, 1.82) is 0 Å². The maximum atomic E-state index is 6.13. The third-order valence-corrected chi connectivity index (χ3v) is 3.70. The minimum absolute atomic E-state index is 0.428. The topological polar surface area (TPSA) is 30.5 Å². The molecule has 0 radical (unpaired) electrons. The standard InChI is InChI=1S/C15H19Cl2NO2/c1-10(7-16)9-20-15-11(8-18-13-3-4-13)5-12(17)6-14(15)19-2/h5-7,13,18H,3-4,8-9H2,1-2H3/b10-7+. The molecule has 0 saturated heterocycles. The zero-order chi connectivity index (χ0) is 14.5. The first-order chi connectivity index (χ1) is 9.63. The van der Waals surface area contributed by atoms with Crippen molar-refractivity contribution in [3.8, 4) is 11.5 Å². The Balaban J connectivity index is 2.18. The summed E-state index contributed by atoms with van der Waals surface area (Å²) in [5.41, 5.74) is 3.47. The summed E-state index contributed by atoms with van der Waals surface area (Å²) < 4.78 is 11.2. The second kappa shape index (κ2) is 7.21. The molecule has 0 unspecified atom stereocenters. The van der Waals surface area contributed by atoms with Gasteiger partial charge in [-0.2, -0.15) is 0 Å². The van der Waals surface area contributed by atoms with E-state index in [-0.39, 0.29) is 0 Å². The highest BCUT2D eigenvalue weighted by atomic mass is 35.5. The first-order valence-electron chi connectivity index (χ1n) is 6.62. The number of hydrogen-bond donors (Lipinski definition) is 1. The molecule has 110 valence electrons. The van der Waals surface area contributed by atoms with Crippen molar-refractivity contribution in [2.24, 2.45) is 0 Å². The van der Waals surface area contributed by atoms with Crippen LogP contribution in [0.15, 0.2) is 23.2 Å². The van der Waals surface area contributed by atoms with Gasteiger partial charge in [-0.25, -0.2) is 0 Å². The van der Waals surface area contributed by atoms with E-state index in [0.29, 0.717) is 23.4 Å². The molecule has 1 aliphatic carbocycles. The molecule has 20 heavy (non-hydrogen) atoms. The van der Waals surface area contributed by atoms with Gasteiger partial charge in [0.25, 0.3) is 0 Å². The molecule has 0 atom stereocenters. The van der Waals surface area contributed by atoms with E-state index in [9.17, 15) is 0 Å². The van der Waals surface area contributed by atoms with E-state index in [2.05, 4.69) is 5.32 Å². The number of nitrogens with one attached hydrogen (secondary N) is 1. The molecule has 0 bridgehead atoms. The maximum Gasteiger partial charge on any atom is 0.166 e. The molecule has 1 aliphatic rings. The monoisotopic (exact) mass is 315 g/mol. The predicted molar refractivity (Wildman–Crippen MR) is 83.0 cm³/mol. The summed E-state index contributed by atoms with van der Waals surface area (Å²) in [6.07, 6.45) is 2.48. The molecule has 1 N–H and O–H groups in total. The second-order valence-electron chi connectivity index (χ2n) is 5.00. The molecular formula is C15H19Cl2NO2. The Hall–Kier alpha value is -0.900. The smallest absolute Gasteiger partial charge is 0.166 e. The summed E-state index contributed by atoms with van der Waals surface area (Å²) in [7, 11) is 1.61. The van der Waals surface area contributed by atoms with Crippen molar-refractivity contribution >= 4 is 23.2 Å². The lowest BCUT2D eigenvalue weighted by Gasteiger charge is -2.16. The van der Waals surface area contributed by atoms with Crippen LogP contribution in [0.2, 0.25) is 5.02 Å². The Morgan fingerprint density at radius 3 is 2.80 bits per heavy atom. The summed E-state index contributed by atoms with van der Waals surface area (Å²) in [4.78, 5) is 0. The van der Waals surface area contributed by atoms with Gasteiger partial charge in [-0.3, -0.25) is 0 Å². The fourth-order valence-electron chi connectivity index (χ4n) is 1.83. The minimum Gasteiger partial charge on any atom is -0.493 e. The normalized spacial score (nSPS) is 15.3. The van der Waals surface area contributed by atoms with E-state index in [1.165, 1.54) is 18.4 Å². The molecule has 1 fully saturated rings. The van der Waals surface area contributed by atoms with Crippen molar-refractivity contribution in [1.82, 2.24) is 5.32 Å². The van der Waals surface area contributed by atoms with Crippen LogP contribution in [-0.4, -0.2) is 19.8 Å². The number of ether oxygens (including phenoxy) is 2. The summed E-state index contributed by atoms with van der Waals surface area (Å²) in [5, 5.41) is 4.10. The molecule has 0 aliphatic heterocycles. The van der Waals surface area contributed by atoms with Crippen LogP contribution in [0.25, 0.3) is 0 Å². The first kappa shape index (κ1) is 15.5. The Kier molecular flexibility index (Phi) is 5.58. The van der Waals surface area contributed by atoms with Gasteiger partial charge in [-0.05, 0) is 31.4 Å². The van der Waals surface area contributed by atoms with E-state index in [1.54, 1.807) is 13.2 Å². The van der Waals surface area contributed by atoms with Gasteiger partial charge in [-0.15, -0.1) is 0 Å². The predicted octanol–water partition coefficient (Wildman–Crippen LogP) is 4.12. The zero-order valence-corrected chi connectivity index (χ0v) is 13.2. The average molecular weight is 316 g/mol. The molecule has 0 heterocycles. The molecule has 1 aromatic carbocycles. The Labute approximate surface area is 129 Å². The molecule has 0 aromatic heterocycles. The molecule has 0 amide bonds. The van der Waals surface area contributed by atoms with Gasteiger partial charge in [-0.1, -0.05) is 23.2 Å². The minimum atomic E-state index is 0.428. The number of benzene rings is 1. The lowest BCUT2D eigenvalue weighted by atomic mass is 10.1. The molecule has 0 spiro atoms. The second-order valence-corrected chi connectivity index (χ2v) is 5.65. The Bertz CT molecular complexity index is 499. The summed E-state index contributed by atoms with van der Waals surface area (Å²) in [5.74, 6) is 1.37. The number of methoxy groups -OCH3 is 1. The van der Waals surface area contributed by atoms with Crippen LogP contribution in [0.3, 0.4) is 0 Å². The van der Waals surface area contributed by atoms with Crippen LogP contribution in [0.5, 0.6) is 11.5 Å². The average Bonchev–Trinajstić information content (AvgIpc) is 3.26. The van der Waals surface area contributed by atoms with Gasteiger partial charge < -0.3 is 14.8 Å². The number of hydrogen-bond acceptors (Lipinski definition) is 3. The van der Waals surface area contributed by atoms with Crippen molar-refractivity contribution in [2.45, 2.75) is 32.4 Å². The molecule has 1 saturated carbocycles. The van der Waals surface area contributed by atoms with Crippen LogP contribution in [0, 0.1) is 0 Å². The fourth-order valence-corrected chi connectivity index (χ4v) is 2.12. The summed E-state index contributed by atoms with van der Waals surface area (Å²) in [6.45, 7) is 3.07. The van der Waals surface area contributed by atoms with E-state index < -0.39 is 0 Å². The van der Waals surface area contributed by atoms with Crippen molar-refractivity contribution in [3.05, 3.63) is 33.8 Å². The van der Waals surface area contributed by atoms with Crippen molar-refractivity contribution in [2.75, 3.05) is 13.7 Å². The molecule has 5 heteroatoms. The fraction of sp³-hybridized carbons (Fsp3) is 0.467. The molecule has 2 rings (SSSR count). The van der Waals surface area contributed by atoms with E-state index >= 15 is 0 Å². The van der Waals surface area contributed by atoms with Crippen LogP contribution in [-0.2, 0) is 6.54 Å². The lowest BCUT2D eigenvalue weighted by molar-refractivity contribution is 0.315. The van der Waals surface area contributed by atoms with Crippen LogP contribution < -0.4 is 14.8 Å². The molecular weight excluding hydrogens is 297 g/mol. The largest absolute Gasteiger partial charge is 0.493 e. The van der Waals surface area contributed by atoms with E-state index in [1.807, 2.05) is 13.0 Å². The van der Waals surface area contributed by atoms with Gasteiger partial charge in [0.15, 0.2) is 11.5 Å².